The highest BCUT2D eigenvalue weighted by molar-refractivity contribution is 5.86. The lowest BCUT2D eigenvalue weighted by Crippen LogP contribution is -2.18. The Morgan fingerprint density at radius 1 is 1.00 bits per heavy atom. The summed E-state index contributed by atoms with van der Waals surface area (Å²) in [6.07, 6.45) is -0.827. The third kappa shape index (κ3) is 7.67. The minimum Gasteiger partial charge on any atom is -0.393 e. The van der Waals surface area contributed by atoms with Gasteiger partial charge in [-0.05, 0) is 0 Å². The number of carbonyl (C=O) groups excluding carboxylic acids is 4. The number of esters is 4. The average molecular weight is 241 g/mol. The molecule has 0 unspecified atom stereocenters. The quantitative estimate of drug-likeness (QED) is 0.506. The second-order valence-corrected chi connectivity index (χ2v) is 3.17. The molecule has 0 saturated heterocycles. The zero-order valence-corrected chi connectivity index (χ0v) is 9.39. The second kappa shape index (κ2) is 7.11. The maximum atomic E-state index is 11.0. The molecule has 0 aliphatic rings. The van der Waals surface area contributed by atoms with E-state index in [0.717, 1.165) is 13.8 Å². The maximum absolute atomic E-state index is 11.0. The van der Waals surface area contributed by atoms with Gasteiger partial charge < -0.3 is 9.47 Å². The summed E-state index contributed by atoms with van der Waals surface area (Å²) in [7, 11) is 0. The van der Waals surface area contributed by atoms with Crippen LogP contribution in [0.15, 0.2) is 0 Å². The molecular weight excluding hydrogens is 230 g/mol. The zero-order chi connectivity index (χ0) is 13.4. The summed E-state index contributed by atoms with van der Waals surface area (Å²) in [5, 5.41) is 8.66. The first kappa shape index (κ1) is 14.8. The van der Waals surface area contributed by atoms with Gasteiger partial charge in [-0.2, -0.15) is 5.26 Å². The van der Waals surface area contributed by atoms with Crippen molar-refractivity contribution >= 4 is 23.9 Å². The molecular formula is C10H11NO6. The van der Waals surface area contributed by atoms with Crippen molar-refractivity contribution < 1.29 is 28.7 Å². The Morgan fingerprint density at radius 3 is 1.59 bits per heavy atom. The minimum absolute atomic E-state index is 0.414. The van der Waals surface area contributed by atoms with E-state index in [2.05, 4.69) is 9.47 Å². The Morgan fingerprint density at radius 2 is 1.35 bits per heavy atom. The molecule has 17 heavy (non-hydrogen) atoms. The number of hydrogen-bond donors (Lipinski definition) is 0. The van der Waals surface area contributed by atoms with Crippen LogP contribution < -0.4 is 0 Å². The van der Waals surface area contributed by atoms with Gasteiger partial charge in [0.25, 0.3) is 0 Å². The first-order valence-corrected chi connectivity index (χ1v) is 4.67. The van der Waals surface area contributed by atoms with Gasteiger partial charge >= 0.3 is 23.9 Å². The van der Waals surface area contributed by atoms with Crippen molar-refractivity contribution in [2.24, 2.45) is 5.92 Å². The van der Waals surface area contributed by atoms with Crippen LogP contribution in [0.2, 0.25) is 0 Å². The van der Waals surface area contributed by atoms with Gasteiger partial charge in [-0.25, -0.2) is 0 Å². The number of ether oxygens (including phenoxy) is 2. The molecule has 0 N–H and O–H groups in total. The predicted molar refractivity (Wildman–Crippen MR) is 51.9 cm³/mol. The van der Waals surface area contributed by atoms with E-state index in [1.54, 1.807) is 6.07 Å². The van der Waals surface area contributed by atoms with Crippen LogP contribution in [0.1, 0.15) is 26.7 Å². The number of hydrogen-bond acceptors (Lipinski definition) is 7. The van der Waals surface area contributed by atoms with Crippen molar-refractivity contribution in [2.45, 2.75) is 26.7 Å². The van der Waals surface area contributed by atoms with Crippen molar-refractivity contribution in [3.05, 3.63) is 0 Å². The molecule has 7 nitrogen and oxygen atoms in total. The van der Waals surface area contributed by atoms with Gasteiger partial charge in [0.2, 0.25) is 0 Å². The van der Waals surface area contributed by atoms with Gasteiger partial charge in [0.1, 0.15) is 0 Å². The molecule has 7 heteroatoms. The van der Waals surface area contributed by atoms with Gasteiger partial charge in [-0.15, -0.1) is 0 Å². The molecule has 0 rings (SSSR count). The summed E-state index contributed by atoms with van der Waals surface area (Å²) in [6, 6.07) is 1.69. The fourth-order valence-corrected chi connectivity index (χ4v) is 0.970. The molecule has 0 fully saturated rings. The molecule has 0 saturated carbocycles. The van der Waals surface area contributed by atoms with Gasteiger partial charge in [0.05, 0.1) is 24.8 Å². The zero-order valence-electron chi connectivity index (χ0n) is 9.39. The highest BCUT2D eigenvalue weighted by Gasteiger charge is 2.20. The Balaban J connectivity index is 4.22. The van der Waals surface area contributed by atoms with Crippen molar-refractivity contribution in [2.75, 3.05) is 0 Å². The number of rotatable bonds is 4. The summed E-state index contributed by atoms with van der Waals surface area (Å²) >= 11 is 0. The molecule has 0 aromatic heterocycles. The van der Waals surface area contributed by atoms with E-state index in [-0.39, 0.29) is 0 Å². The monoisotopic (exact) mass is 241 g/mol. The van der Waals surface area contributed by atoms with Gasteiger partial charge in [-0.1, -0.05) is 0 Å². The highest BCUT2D eigenvalue weighted by atomic mass is 16.6. The third-order valence-electron chi connectivity index (χ3n) is 1.52. The lowest BCUT2D eigenvalue weighted by atomic mass is 10.0. The van der Waals surface area contributed by atoms with E-state index in [0.29, 0.717) is 0 Å². The third-order valence-corrected chi connectivity index (χ3v) is 1.52. The van der Waals surface area contributed by atoms with Crippen LogP contribution in [0.5, 0.6) is 0 Å². The largest absolute Gasteiger partial charge is 0.393 e. The average Bonchev–Trinajstić information content (AvgIpc) is 2.13. The molecule has 0 bridgehead atoms. The van der Waals surface area contributed by atoms with Crippen molar-refractivity contribution in [3.8, 4) is 6.07 Å². The summed E-state index contributed by atoms with van der Waals surface area (Å²) in [5.41, 5.74) is 0. The number of carbonyl (C=O) groups is 4. The summed E-state index contributed by atoms with van der Waals surface area (Å²) in [4.78, 5) is 42.9. The van der Waals surface area contributed by atoms with Crippen LogP contribution >= 0.6 is 0 Å². The topological polar surface area (TPSA) is 111 Å². The van der Waals surface area contributed by atoms with Crippen LogP contribution in [0.25, 0.3) is 0 Å². The fourth-order valence-electron chi connectivity index (χ4n) is 0.970. The molecule has 0 radical (unpaired) electrons. The highest BCUT2D eigenvalue weighted by Crippen LogP contribution is 2.10. The Kier molecular flexibility index (Phi) is 6.18. The molecule has 0 atom stereocenters. The Bertz CT molecular complexity index is 351. The summed E-state index contributed by atoms with van der Waals surface area (Å²) in [6.45, 7) is 2.09. The predicted octanol–water partition coefficient (Wildman–Crippen LogP) is 0.0858. The summed E-state index contributed by atoms with van der Waals surface area (Å²) < 4.78 is 8.39. The second-order valence-electron chi connectivity index (χ2n) is 3.17. The standard InChI is InChI=1S/C10H11NO6/c1-6(12)16-9(14)3-8(5-11)4-10(15)17-7(2)13/h8H,3-4H2,1-2H3. The van der Waals surface area contributed by atoms with E-state index in [9.17, 15) is 19.2 Å². The molecule has 0 amide bonds. The fraction of sp³-hybridized carbons (Fsp3) is 0.500. The van der Waals surface area contributed by atoms with Gasteiger partial charge in [-0.3, -0.25) is 19.2 Å². The van der Waals surface area contributed by atoms with Crippen molar-refractivity contribution in [1.82, 2.24) is 0 Å². The molecule has 0 aromatic rings. The minimum atomic E-state index is -0.992. The van der Waals surface area contributed by atoms with E-state index in [1.165, 1.54) is 0 Å². The molecule has 0 aliphatic heterocycles. The molecule has 0 spiro atoms. The van der Waals surface area contributed by atoms with Crippen LogP contribution in [0, 0.1) is 17.2 Å². The molecule has 92 valence electrons. The van der Waals surface area contributed by atoms with Gasteiger partial charge in [0.15, 0.2) is 0 Å². The van der Waals surface area contributed by atoms with E-state index >= 15 is 0 Å². The normalized spacial score (nSPS) is 9.29. The lowest BCUT2D eigenvalue weighted by molar-refractivity contribution is -0.158. The first-order valence-electron chi connectivity index (χ1n) is 4.67. The molecule has 0 aliphatic carbocycles. The Hall–Kier alpha value is -2.23. The van der Waals surface area contributed by atoms with Crippen LogP contribution in [-0.4, -0.2) is 23.9 Å². The van der Waals surface area contributed by atoms with Crippen LogP contribution in [0.3, 0.4) is 0 Å². The van der Waals surface area contributed by atoms with Crippen molar-refractivity contribution in [3.63, 3.8) is 0 Å². The van der Waals surface area contributed by atoms with E-state index in [1.807, 2.05) is 0 Å². The Labute approximate surface area is 97.3 Å². The lowest BCUT2D eigenvalue weighted by Gasteiger charge is -2.06. The molecule has 0 heterocycles. The maximum Gasteiger partial charge on any atom is 0.314 e. The SMILES string of the molecule is CC(=O)OC(=O)CC(C#N)CC(=O)OC(C)=O. The number of nitrogens with zero attached hydrogens (tertiary/aromatic N) is 1. The first-order chi connectivity index (χ1) is 7.85. The smallest absolute Gasteiger partial charge is 0.314 e. The number of nitriles is 1. The van der Waals surface area contributed by atoms with E-state index < -0.39 is 42.6 Å². The van der Waals surface area contributed by atoms with E-state index in [4.69, 9.17) is 5.26 Å². The van der Waals surface area contributed by atoms with Crippen LogP contribution in [-0.2, 0) is 28.7 Å². The van der Waals surface area contributed by atoms with Crippen molar-refractivity contribution in [1.29, 1.82) is 5.26 Å². The van der Waals surface area contributed by atoms with Gasteiger partial charge in [0, 0.05) is 13.8 Å². The molecule has 0 aromatic carbocycles. The van der Waals surface area contributed by atoms with Crippen LogP contribution in [0.4, 0.5) is 0 Å². The summed E-state index contributed by atoms with van der Waals surface area (Å²) in [5.74, 6) is -4.39.